The summed E-state index contributed by atoms with van der Waals surface area (Å²) in [7, 11) is -4.25. The van der Waals surface area contributed by atoms with E-state index >= 15 is 0 Å². The van der Waals surface area contributed by atoms with Crippen molar-refractivity contribution in [2.75, 3.05) is 6.54 Å². The van der Waals surface area contributed by atoms with E-state index in [2.05, 4.69) is 5.32 Å². The fraction of sp³-hybridized carbons (Fsp3) is 0.682. The summed E-state index contributed by atoms with van der Waals surface area (Å²) in [6.45, 7) is 1.75. The zero-order chi connectivity index (χ0) is 22.9. The standard InChI is InChI=1S/C22H29N3O6S/c1-21(20(26)23-19-15-9-14-10-16(19)13-22(27,11-14)12-15)7-4-8-24(21)32(30,31)18-6-3-2-5-17(18)25(28)29/h2-3,5-6,14-16,19,27H,4,7-13H2,1H3,(H,23,26)/t14?,15?,16?,19?,21-,22?/m1/s1. The molecule has 0 radical (unpaired) electrons. The fourth-order valence-corrected chi connectivity index (χ4v) is 8.99. The second-order valence-corrected chi connectivity index (χ2v) is 12.2. The number of hydrogen-bond acceptors (Lipinski definition) is 6. The molecule has 2 N–H and O–H groups in total. The van der Waals surface area contributed by atoms with Gasteiger partial charge in [0, 0.05) is 18.7 Å². The van der Waals surface area contributed by atoms with Crippen molar-refractivity contribution in [3.8, 4) is 0 Å². The molecule has 5 aliphatic rings. The number of amides is 1. The Labute approximate surface area is 187 Å². The predicted octanol–water partition coefficient (Wildman–Crippen LogP) is 2.19. The lowest BCUT2D eigenvalue weighted by atomic mass is 9.52. The van der Waals surface area contributed by atoms with Crippen LogP contribution in [0.25, 0.3) is 0 Å². The van der Waals surface area contributed by atoms with E-state index < -0.39 is 31.8 Å². The van der Waals surface area contributed by atoms with Gasteiger partial charge in [0.25, 0.3) is 15.7 Å². The van der Waals surface area contributed by atoms with E-state index in [9.17, 15) is 28.4 Å². The molecule has 32 heavy (non-hydrogen) atoms. The minimum absolute atomic E-state index is 0.0626. The van der Waals surface area contributed by atoms with Gasteiger partial charge in [-0.05, 0) is 75.7 Å². The van der Waals surface area contributed by atoms with Gasteiger partial charge in [0.15, 0.2) is 4.90 Å². The van der Waals surface area contributed by atoms with Gasteiger partial charge in [0.1, 0.15) is 5.54 Å². The van der Waals surface area contributed by atoms with Crippen molar-refractivity contribution >= 4 is 21.6 Å². The summed E-state index contributed by atoms with van der Waals surface area (Å²) in [6.07, 6.45) is 5.04. The fourth-order valence-electron chi connectivity index (χ4n) is 7.02. The van der Waals surface area contributed by atoms with E-state index in [1.807, 2.05) is 0 Å². The van der Waals surface area contributed by atoms with Crippen LogP contribution in [-0.4, -0.2) is 52.4 Å². The molecule has 6 rings (SSSR count). The van der Waals surface area contributed by atoms with E-state index in [-0.39, 0.29) is 35.2 Å². The molecule has 4 aliphatic carbocycles. The van der Waals surface area contributed by atoms with Crippen LogP contribution in [0.4, 0.5) is 5.69 Å². The molecule has 9 nitrogen and oxygen atoms in total. The van der Waals surface area contributed by atoms with Crippen molar-refractivity contribution in [1.82, 2.24) is 9.62 Å². The maximum Gasteiger partial charge on any atom is 0.289 e. The van der Waals surface area contributed by atoms with Crippen LogP contribution in [0.15, 0.2) is 29.2 Å². The molecule has 1 aliphatic heterocycles. The molecule has 1 aromatic rings. The lowest BCUT2D eigenvalue weighted by molar-refractivity contribution is -0.387. The van der Waals surface area contributed by atoms with Crippen molar-refractivity contribution in [3.63, 3.8) is 0 Å². The normalized spacial score (nSPS) is 38.7. The Hall–Kier alpha value is -2.04. The number of nitro groups is 1. The highest BCUT2D eigenvalue weighted by atomic mass is 32.2. The molecule has 10 heteroatoms. The number of aliphatic hydroxyl groups is 1. The monoisotopic (exact) mass is 463 g/mol. The molecule has 0 aromatic heterocycles. The zero-order valence-corrected chi connectivity index (χ0v) is 18.9. The number of nitrogens with zero attached hydrogens (tertiary/aromatic N) is 2. The largest absolute Gasteiger partial charge is 0.390 e. The van der Waals surface area contributed by atoms with Crippen LogP contribution in [0, 0.1) is 27.9 Å². The van der Waals surface area contributed by atoms with Gasteiger partial charge in [-0.2, -0.15) is 4.31 Å². The number of para-hydroxylation sites is 1. The highest BCUT2D eigenvalue weighted by Crippen LogP contribution is 2.55. The van der Waals surface area contributed by atoms with Crippen molar-refractivity contribution in [1.29, 1.82) is 0 Å². The average molecular weight is 464 g/mol. The first-order valence-corrected chi connectivity index (χ1v) is 12.8. The summed E-state index contributed by atoms with van der Waals surface area (Å²) in [4.78, 5) is 23.9. The Morgan fingerprint density at radius 1 is 1.22 bits per heavy atom. The quantitative estimate of drug-likeness (QED) is 0.509. The third kappa shape index (κ3) is 3.26. The van der Waals surface area contributed by atoms with Gasteiger partial charge in [-0.3, -0.25) is 14.9 Å². The molecule has 2 unspecified atom stereocenters. The molecule has 1 saturated heterocycles. The first-order valence-electron chi connectivity index (χ1n) is 11.3. The number of carbonyl (C=O) groups excluding carboxylic acids is 1. The minimum Gasteiger partial charge on any atom is -0.390 e. The second-order valence-electron chi connectivity index (χ2n) is 10.4. The van der Waals surface area contributed by atoms with Crippen molar-refractivity contribution < 1.29 is 23.2 Å². The van der Waals surface area contributed by atoms with Gasteiger partial charge in [0.05, 0.1) is 10.5 Å². The van der Waals surface area contributed by atoms with Crippen LogP contribution in [0.2, 0.25) is 0 Å². The molecule has 4 saturated carbocycles. The number of rotatable bonds is 5. The SMILES string of the molecule is C[C@]1(C(=O)NC2C3CC4CC2CC(O)(C4)C3)CCCN1S(=O)(=O)c1ccccc1[N+](=O)[O-]. The number of sulfonamides is 1. The molecular weight excluding hydrogens is 434 g/mol. The first-order chi connectivity index (χ1) is 15.0. The van der Waals surface area contributed by atoms with E-state index in [4.69, 9.17) is 0 Å². The van der Waals surface area contributed by atoms with Crippen LogP contribution in [0.3, 0.4) is 0 Å². The molecular formula is C22H29N3O6S. The van der Waals surface area contributed by atoms with Crippen LogP contribution >= 0.6 is 0 Å². The Balaban J connectivity index is 1.41. The number of nitrogens with one attached hydrogen (secondary N) is 1. The van der Waals surface area contributed by atoms with Crippen LogP contribution in [0.1, 0.15) is 51.9 Å². The lowest BCUT2D eigenvalue weighted by Gasteiger charge is -2.58. The third-order valence-electron chi connectivity index (χ3n) is 8.23. The Kier molecular flexibility index (Phi) is 4.92. The number of hydrogen-bond donors (Lipinski definition) is 2. The maximum atomic E-state index is 13.5. The van der Waals surface area contributed by atoms with E-state index in [1.54, 1.807) is 6.92 Å². The number of nitro benzene ring substituents is 1. The average Bonchev–Trinajstić information content (AvgIpc) is 3.13. The van der Waals surface area contributed by atoms with E-state index in [1.165, 1.54) is 24.3 Å². The van der Waals surface area contributed by atoms with Crippen LogP contribution < -0.4 is 5.32 Å². The maximum absolute atomic E-state index is 13.5. The van der Waals surface area contributed by atoms with E-state index in [0.29, 0.717) is 31.6 Å². The highest BCUT2D eigenvalue weighted by molar-refractivity contribution is 7.89. The summed E-state index contributed by atoms with van der Waals surface area (Å²) < 4.78 is 28.1. The van der Waals surface area contributed by atoms with Gasteiger partial charge >= 0.3 is 0 Å². The molecule has 4 bridgehead atoms. The van der Waals surface area contributed by atoms with Gasteiger partial charge in [0.2, 0.25) is 5.91 Å². The smallest absolute Gasteiger partial charge is 0.289 e. The van der Waals surface area contributed by atoms with Crippen molar-refractivity contribution in [2.24, 2.45) is 17.8 Å². The Morgan fingerprint density at radius 3 is 2.50 bits per heavy atom. The zero-order valence-electron chi connectivity index (χ0n) is 18.1. The Morgan fingerprint density at radius 2 is 1.88 bits per heavy atom. The van der Waals surface area contributed by atoms with E-state index in [0.717, 1.165) is 23.6 Å². The molecule has 5 fully saturated rings. The third-order valence-corrected chi connectivity index (χ3v) is 10.3. The van der Waals surface area contributed by atoms with Crippen LogP contribution in [0.5, 0.6) is 0 Å². The van der Waals surface area contributed by atoms with Crippen LogP contribution in [-0.2, 0) is 14.8 Å². The van der Waals surface area contributed by atoms with Crippen molar-refractivity contribution in [2.45, 2.75) is 73.9 Å². The first kappa shape index (κ1) is 21.8. The van der Waals surface area contributed by atoms with Gasteiger partial charge in [-0.1, -0.05) is 12.1 Å². The summed E-state index contributed by atoms with van der Waals surface area (Å²) in [5.41, 5.74) is -2.42. The summed E-state index contributed by atoms with van der Waals surface area (Å²) in [5, 5.41) is 25.4. The van der Waals surface area contributed by atoms with Gasteiger partial charge < -0.3 is 10.4 Å². The summed E-state index contributed by atoms with van der Waals surface area (Å²) >= 11 is 0. The molecule has 3 atom stereocenters. The highest BCUT2D eigenvalue weighted by Gasteiger charge is 2.57. The molecule has 1 aromatic carbocycles. The molecule has 0 spiro atoms. The topological polar surface area (TPSA) is 130 Å². The minimum atomic E-state index is -4.25. The molecule has 1 heterocycles. The molecule has 1 amide bonds. The summed E-state index contributed by atoms with van der Waals surface area (Å²) in [6, 6.07) is 5.20. The van der Waals surface area contributed by atoms with Crippen molar-refractivity contribution in [3.05, 3.63) is 34.4 Å². The Bertz CT molecular complexity index is 1060. The second kappa shape index (κ2) is 7.23. The number of carbonyl (C=O) groups is 1. The van der Waals surface area contributed by atoms with Gasteiger partial charge in [-0.15, -0.1) is 0 Å². The van der Waals surface area contributed by atoms with Gasteiger partial charge in [-0.25, -0.2) is 8.42 Å². The molecule has 174 valence electrons. The number of benzene rings is 1. The lowest BCUT2D eigenvalue weighted by Crippen LogP contribution is -2.65. The summed E-state index contributed by atoms with van der Waals surface area (Å²) in [5.74, 6) is 0.575. The predicted molar refractivity (Wildman–Crippen MR) is 115 cm³/mol.